The number of ketones is 1. The van der Waals surface area contributed by atoms with Crippen molar-refractivity contribution >= 4 is 60.5 Å². The number of benzene rings is 2. The number of Topliss-reactive ketones (excluding diaryl/α,β-unsaturated/α-hetero) is 1. The highest BCUT2D eigenvalue weighted by Gasteiger charge is 2.44. The molecule has 0 atom stereocenters. The van der Waals surface area contributed by atoms with Crippen LogP contribution in [0.15, 0.2) is 61.5 Å². The van der Waals surface area contributed by atoms with Crippen molar-refractivity contribution in [3.05, 3.63) is 113 Å². The Morgan fingerprint density at radius 1 is 0.723 bits per heavy atom. The molecule has 7 nitrogen and oxygen atoms in total. The van der Waals surface area contributed by atoms with Crippen LogP contribution in [0.5, 0.6) is 0 Å². The molecule has 5 aromatic rings. The van der Waals surface area contributed by atoms with E-state index < -0.39 is 56.3 Å². The second-order valence-electron chi connectivity index (χ2n) is 10.9. The summed E-state index contributed by atoms with van der Waals surface area (Å²) in [4.78, 5) is 49.8. The van der Waals surface area contributed by atoms with E-state index in [-0.39, 0.29) is 33.2 Å². The van der Waals surface area contributed by atoms with Crippen molar-refractivity contribution in [1.29, 1.82) is 10.5 Å². The number of allylic oxidation sites excluding steroid dienone is 2. The molecule has 13 heteroatoms. The summed E-state index contributed by atoms with van der Waals surface area (Å²) in [5.41, 5.74) is -1.58. The SMILES string of the molecule is CCC1(CC)c2cc(N=c3c(=O)c4cc(F)c(F)cc4c3=O)sc2-c2sc(/N=C3\C(=O)c4cc(F)c(F)cc4C3=C(C#N)C#N)cc21. The molecule has 0 saturated heterocycles. The molecule has 0 saturated carbocycles. The van der Waals surface area contributed by atoms with Gasteiger partial charge in [0.25, 0.3) is 0 Å². The maximum absolute atomic E-state index is 14.2. The first-order valence-corrected chi connectivity index (χ1v) is 15.7. The van der Waals surface area contributed by atoms with Gasteiger partial charge in [-0.3, -0.25) is 14.4 Å². The highest BCUT2D eigenvalue weighted by molar-refractivity contribution is 7.26. The van der Waals surface area contributed by atoms with Crippen LogP contribution in [0.4, 0.5) is 27.6 Å². The van der Waals surface area contributed by atoms with Crippen molar-refractivity contribution in [3.63, 3.8) is 0 Å². The first-order chi connectivity index (χ1) is 22.5. The van der Waals surface area contributed by atoms with Crippen LogP contribution >= 0.6 is 22.7 Å². The number of fused-ring (bicyclic) bond motifs is 5. The lowest BCUT2D eigenvalue weighted by Crippen LogP contribution is -2.31. The summed E-state index contributed by atoms with van der Waals surface area (Å²) in [6, 6.07) is 9.90. The molecule has 0 N–H and O–H groups in total. The fourth-order valence-corrected chi connectivity index (χ4v) is 8.91. The summed E-state index contributed by atoms with van der Waals surface area (Å²) in [6.45, 7) is 3.98. The summed E-state index contributed by atoms with van der Waals surface area (Å²) in [5, 5.41) is 18.9. The van der Waals surface area contributed by atoms with Crippen LogP contribution in [0.2, 0.25) is 0 Å². The summed E-state index contributed by atoms with van der Waals surface area (Å²) in [5.74, 6) is -5.76. The zero-order valence-corrected chi connectivity index (χ0v) is 25.9. The Balaban J connectivity index is 1.39. The minimum Gasteiger partial charge on any atom is -0.287 e. The Morgan fingerprint density at radius 3 is 1.68 bits per heavy atom. The van der Waals surface area contributed by atoms with Crippen molar-refractivity contribution in [2.75, 3.05) is 0 Å². The van der Waals surface area contributed by atoms with Gasteiger partial charge in [0.2, 0.25) is 16.6 Å². The smallest absolute Gasteiger partial charge is 0.216 e. The maximum atomic E-state index is 14.2. The standard InChI is InChI=1S/C34H16F4N4O3S2/c1-3-34(4-2)18-9-24(41-27-26(13(11-39)12-40)14-5-20(35)21(36)6-15(14)29(27)43)46-32(18)33-19(34)10-25(47-33)42-28-30(44)16-7-22(37)23(38)8-17(16)31(28)45/h5-10H,3-4H2,1-2H3/b41-27-. The van der Waals surface area contributed by atoms with E-state index in [0.717, 1.165) is 33.0 Å². The summed E-state index contributed by atoms with van der Waals surface area (Å²) >= 11 is 2.43. The predicted molar refractivity (Wildman–Crippen MR) is 169 cm³/mol. The van der Waals surface area contributed by atoms with Crippen LogP contribution in [-0.2, 0) is 5.41 Å². The van der Waals surface area contributed by atoms with Crippen LogP contribution in [-0.4, -0.2) is 11.5 Å². The molecule has 47 heavy (non-hydrogen) atoms. The number of thiophene rings is 2. The third-order valence-electron chi connectivity index (χ3n) is 8.81. The lowest BCUT2D eigenvalue weighted by atomic mass is 9.75. The highest BCUT2D eigenvalue weighted by atomic mass is 32.1. The van der Waals surface area contributed by atoms with Gasteiger partial charge in [-0.1, -0.05) is 13.8 Å². The highest BCUT2D eigenvalue weighted by Crippen LogP contribution is 2.60. The number of carbonyl (C=O) groups is 1. The molecule has 0 spiro atoms. The summed E-state index contributed by atoms with van der Waals surface area (Å²) in [7, 11) is 0. The topological polar surface area (TPSA) is 124 Å². The van der Waals surface area contributed by atoms with E-state index in [2.05, 4.69) is 9.98 Å². The summed E-state index contributed by atoms with van der Waals surface area (Å²) in [6.07, 6.45) is 1.26. The van der Waals surface area contributed by atoms with Gasteiger partial charge in [-0.05, 0) is 60.4 Å². The Hall–Kier alpha value is -5.37. The molecule has 3 aromatic carbocycles. The molecule has 2 aromatic heterocycles. The molecule has 0 fully saturated rings. The molecule has 0 radical (unpaired) electrons. The number of nitrogens with zero attached hydrogens (tertiary/aromatic N) is 4. The first kappa shape index (κ1) is 30.3. The lowest BCUT2D eigenvalue weighted by Gasteiger charge is -2.27. The molecule has 2 heterocycles. The fourth-order valence-electron chi connectivity index (χ4n) is 6.48. The molecule has 2 aliphatic carbocycles. The van der Waals surface area contributed by atoms with Gasteiger partial charge in [0.05, 0.1) is 9.75 Å². The van der Waals surface area contributed by atoms with Crippen molar-refractivity contribution in [2.24, 2.45) is 9.98 Å². The molecule has 0 unspecified atom stereocenters. The van der Waals surface area contributed by atoms with Crippen molar-refractivity contribution in [2.45, 2.75) is 32.1 Å². The zero-order valence-electron chi connectivity index (χ0n) is 24.2. The molecule has 7 rings (SSSR count). The maximum Gasteiger partial charge on any atom is 0.216 e. The van der Waals surface area contributed by atoms with Gasteiger partial charge in [-0.2, -0.15) is 10.5 Å². The quantitative estimate of drug-likeness (QED) is 0.148. The normalized spacial score (nSPS) is 15.1. The van der Waals surface area contributed by atoms with E-state index in [1.54, 1.807) is 24.3 Å². The minimum atomic E-state index is -1.26. The van der Waals surface area contributed by atoms with Crippen molar-refractivity contribution in [3.8, 4) is 21.9 Å². The van der Waals surface area contributed by atoms with Gasteiger partial charge in [-0.15, -0.1) is 22.7 Å². The van der Waals surface area contributed by atoms with Crippen molar-refractivity contribution < 1.29 is 22.4 Å². The zero-order chi connectivity index (χ0) is 33.5. The molecule has 0 aliphatic heterocycles. The van der Waals surface area contributed by atoms with Gasteiger partial charge >= 0.3 is 0 Å². The van der Waals surface area contributed by atoms with Gasteiger partial charge in [0.15, 0.2) is 28.6 Å². The molecular weight excluding hydrogens is 653 g/mol. The Bertz CT molecular complexity index is 2520. The fraction of sp³-hybridized carbons (Fsp3) is 0.147. The van der Waals surface area contributed by atoms with E-state index >= 15 is 0 Å². The molecule has 0 bridgehead atoms. The molecule has 0 amide bonds. The molecular formula is C34H16F4N4O3S2. The van der Waals surface area contributed by atoms with E-state index in [9.17, 15) is 42.5 Å². The van der Waals surface area contributed by atoms with Crippen molar-refractivity contribution in [1.82, 2.24) is 0 Å². The Labute approximate surface area is 270 Å². The van der Waals surface area contributed by atoms with Gasteiger partial charge in [0.1, 0.15) is 33.4 Å². The van der Waals surface area contributed by atoms with E-state index in [1.165, 1.54) is 22.7 Å². The second-order valence-corrected chi connectivity index (χ2v) is 13.0. The number of hydrogen-bond donors (Lipinski definition) is 0. The third-order valence-corrected chi connectivity index (χ3v) is 11.0. The summed E-state index contributed by atoms with van der Waals surface area (Å²) < 4.78 is 55.9. The van der Waals surface area contributed by atoms with Crippen LogP contribution < -0.4 is 16.2 Å². The van der Waals surface area contributed by atoms with E-state index in [4.69, 9.17) is 0 Å². The first-order valence-electron chi connectivity index (χ1n) is 14.1. The average molecular weight is 669 g/mol. The largest absolute Gasteiger partial charge is 0.287 e. The number of rotatable bonds is 4. The van der Waals surface area contributed by atoms with Crippen LogP contribution in [0.1, 0.15) is 53.7 Å². The van der Waals surface area contributed by atoms with Crippen LogP contribution in [0.3, 0.4) is 0 Å². The Kier molecular flexibility index (Phi) is 6.82. The van der Waals surface area contributed by atoms with Gasteiger partial charge in [-0.25, -0.2) is 27.5 Å². The van der Waals surface area contributed by atoms with Crippen LogP contribution in [0, 0.1) is 45.9 Å². The minimum absolute atomic E-state index is 0.0979. The monoisotopic (exact) mass is 668 g/mol. The van der Waals surface area contributed by atoms with E-state index in [1.807, 2.05) is 13.8 Å². The molecule has 2 aliphatic rings. The average Bonchev–Trinajstić information content (AvgIpc) is 3.82. The number of carbonyl (C=O) groups excluding carboxylic acids is 1. The predicted octanol–water partition coefficient (Wildman–Crippen LogP) is 7.20. The van der Waals surface area contributed by atoms with Gasteiger partial charge < -0.3 is 0 Å². The second kappa shape index (κ2) is 10.6. The number of halogens is 4. The molecule has 230 valence electrons. The lowest BCUT2D eigenvalue weighted by molar-refractivity contribution is 0.106. The van der Waals surface area contributed by atoms with E-state index in [0.29, 0.717) is 35.0 Å². The number of aliphatic imine (C=N–C) groups is 1. The number of hydrogen-bond acceptors (Lipinski definition) is 9. The van der Waals surface area contributed by atoms with Crippen LogP contribution in [0.25, 0.3) is 26.1 Å². The third kappa shape index (κ3) is 4.17. The Morgan fingerprint density at radius 2 is 1.19 bits per heavy atom. The van der Waals surface area contributed by atoms with Gasteiger partial charge in [0, 0.05) is 32.9 Å². The number of nitriles is 2.